The minimum absolute atomic E-state index is 0.112. The molecule has 0 saturated carbocycles. The molecule has 1 heterocycles. The lowest BCUT2D eigenvalue weighted by Crippen LogP contribution is -2.14. The molecule has 0 bridgehead atoms. The summed E-state index contributed by atoms with van der Waals surface area (Å²) in [6.07, 6.45) is 0. The molecule has 0 aromatic carbocycles. The van der Waals surface area contributed by atoms with Gasteiger partial charge in [-0.15, -0.1) is 11.3 Å². The molecule has 0 unspecified atom stereocenters. The van der Waals surface area contributed by atoms with Gasteiger partial charge in [0.25, 0.3) is 0 Å². The summed E-state index contributed by atoms with van der Waals surface area (Å²) in [6.45, 7) is 0.230. The molecule has 1 aromatic heterocycles. The van der Waals surface area contributed by atoms with Crippen LogP contribution in [-0.2, 0) is 21.4 Å². The Bertz CT molecular complexity index is 452. The van der Waals surface area contributed by atoms with Gasteiger partial charge >= 0.3 is 0 Å². The van der Waals surface area contributed by atoms with Gasteiger partial charge in [-0.1, -0.05) is 0 Å². The number of thiophene rings is 1. The normalized spacial score (nSPS) is 11.7. The zero-order valence-corrected chi connectivity index (χ0v) is 9.94. The van der Waals surface area contributed by atoms with Crippen LogP contribution in [0.25, 0.3) is 0 Å². The van der Waals surface area contributed by atoms with Gasteiger partial charge in [0.2, 0.25) is 10.0 Å². The molecule has 0 fully saturated rings. The van der Waals surface area contributed by atoms with Crippen LogP contribution >= 0.6 is 11.3 Å². The summed E-state index contributed by atoms with van der Waals surface area (Å²) in [7, 11) is -1.02. The third-order valence-corrected chi connectivity index (χ3v) is 3.76. The Morgan fingerprint density at radius 1 is 1.40 bits per heavy atom. The summed E-state index contributed by atoms with van der Waals surface area (Å²) in [5.41, 5.74) is 5.56. The van der Waals surface area contributed by atoms with E-state index in [0.29, 0.717) is 4.88 Å². The second kappa shape index (κ2) is 4.35. The Kier molecular flexibility index (Phi) is 3.55. The molecule has 15 heavy (non-hydrogen) atoms. The Morgan fingerprint density at radius 2 is 2.00 bits per heavy atom. The molecule has 0 aliphatic carbocycles. The number of nitrogens with two attached hydrogens (primary N) is 2. The van der Waals surface area contributed by atoms with Gasteiger partial charge in [0.1, 0.15) is 5.00 Å². The monoisotopic (exact) mass is 252 g/mol. The topological polar surface area (TPSA) is 105 Å². The highest BCUT2D eigenvalue weighted by atomic mass is 32.2. The predicted octanol–water partition coefficient (Wildman–Crippen LogP) is 0.133. The van der Waals surface area contributed by atoms with Gasteiger partial charge in [-0.3, -0.25) is 0 Å². The smallest absolute Gasteiger partial charge is 0.244 e. The molecule has 0 saturated heterocycles. The summed E-state index contributed by atoms with van der Waals surface area (Å²) in [5, 5.41) is 5.13. The van der Waals surface area contributed by atoms with E-state index in [1.807, 2.05) is 0 Å². The van der Waals surface area contributed by atoms with Crippen LogP contribution in [0, 0.1) is 0 Å². The van der Waals surface area contributed by atoms with Crippen LogP contribution in [0.3, 0.4) is 0 Å². The largest absolute Gasteiger partial charge is 0.494 e. The summed E-state index contributed by atoms with van der Waals surface area (Å²) < 4.78 is 32.3. The Morgan fingerprint density at radius 3 is 2.40 bits per heavy atom. The Balaban J connectivity index is 3.39. The van der Waals surface area contributed by atoms with Crippen LogP contribution in [0.5, 0.6) is 5.75 Å². The lowest BCUT2D eigenvalue weighted by molar-refractivity contribution is 0.184. The van der Waals surface area contributed by atoms with E-state index < -0.39 is 10.0 Å². The van der Waals surface area contributed by atoms with Crippen molar-refractivity contribution in [3.63, 3.8) is 0 Å². The Hall–Kier alpha value is -0.830. The van der Waals surface area contributed by atoms with E-state index >= 15 is 0 Å². The van der Waals surface area contributed by atoms with Crippen LogP contribution in [-0.4, -0.2) is 22.6 Å². The Labute approximate surface area is 91.8 Å². The second-order valence-corrected chi connectivity index (χ2v) is 5.36. The zero-order chi connectivity index (χ0) is 11.6. The van der Waals surface area contributed by atoms with Crippen molar-refractivity contribution in [1.29, 1.82) is 0 Å². The third kappa shape index (κ3) is 2.40. The van der Waals surface area contributed by atoms with Gasteiger partial charge in [-0.05, 0) is 0 Å². The molecule has 0 spiro atoms. The first kappa shape index (κ1) is 12.2. The molecular formula is C7H12N2O4S2. The minimum atomic E-state index is -3.87. The predicted molar refractivity (Wildman–Crippen MR) is 57.4 cm³/mol. The molecule has 0 aliphatic rings. The van der Waals surface area contributed by atoms with E-state index in [4.69, 9.17) is 20.3 Å². The van der Waals surface area contributed by atoms with Crippen molar-refractivity contribution in [2.24, 2.45) is 5.14 Å². The summed E-state index contributed by atoms with van der Waals surface area (Å²) in [4.78, 5) is 0.434. The van der Waals surface area contributed by atoms with Crippen molar-refractivity contribution in [1.82, 2.24) is 0 Å². The van der Waals surface area contributed by atoms with E-state index in [-0.39, 0.29) is 22.3 Å². The average Bonchev–Trinajstić information content (AvgIpc) is 2.41. The fraction of sp³-hybridized carbons (Fsp3) is 0.429. The van der Waals surface area contributed by atoms with Gasteiger partial charge in [-0.2, -0.15) is 0 Å². The number of primary sulfonamides is 1. The van der Waals surface area contributed by atoms with Crippen LogP contribution in [0.15, 0.2) is 4.90 Å². The number of anilines is 1. The van der Waals surface area contributed by atoms with Crippen molar-refractivity contribution in [2.75, 3.05) is 20.0 Å². The van der Waals surface area contributed by atoms with Crippen LogP contribution in [0.4, 0.5) is 5.00 Å². The summed E-state index contributed by atoms with van der Waals surface area (Å²) in [6, 6.07) is 0. The number of hydrogen-bond donors (Lipinski definition) is 2. The van der Waals surface area contributed by atoms with E-state index in [9.17, 15) is 8.42 Å². The maximum absolute atomic E-state index is 11.2. The molecule has 4 N–H and O–H groups in total. The molecule has 86 valence electrons. The molecule has 8 heteroatoms. The third-order valence-electron chi connectivity index (χ3n) is 1.68. The van der Waals surface area contributed by atoms with E-state index in [1.165, 1.54) is 14.2 Å². The number of nitrogen functional groups attached to an aromatic ring is 1. The quantitative estimate of drug-likeness (QED) is 0.792. The van der Waals surface area contributed by atoms with E-state index in [0.717, 1.165) is 11.3 Å². The SMILES string of the molecule is COCc1sc(N)c(S(N)(=O)=O)c1OC. The zero-order valence-electron chi connectivity index (χ0n) is 8.31. The van der Waals surface area contributed by atoms with Gasteiger partial charge in [0, 0.05) is 7.11 Å². The first-order chi connectivity index (χ1) is 6.91. The highest BCUT2D eigenvalue weighted by Gasteiger charge is 2.25. The first-order valence-corrected chi connectivity index (χ1v) is 6.25. The molecule has 0 atom stereocenters. The van der Waals surface area contributed by atoms with Gasteiger partial charge in [0.15, 0.2) is 10.6 Å². The number of rotatable bonds is 4. The van der Waals surface area contributed by atoms with Crippen molar-refractivity contribution in [2.45, 2.75) is 11.5 Å². The maximum atomic E-state index is 11.2. The summed E-state index contributed by atoms with van der Waals surface area (Å²) >= 11 is 1.09. The highest BCUT2D eigenvalue weighted by molar-refractivity contribution is 7.89. The average molecular weight is 252 g/mol. The molecular weight excluding hydrogens is 240 g/mol. The molecule has 1 rings (SSSR count). The van der Waals surface area contributed by atoms with Crippen LogP contribution in [0.2, 0.25) is 0 Å². The van der Waals surface area contributed by atoms with Crippen molar-refractivity contribution < 1.29 is 17.9 Å². The number of sulfonamides is 1. The van der Waals surface area contributed by atoms with Gasteiger partial charge < -0.3 is 15.2 Å². The van der Waals surface area contributed by atoms with E-state index in [1.54, 1.807) is 0 Å². The molecule has 0 aliphatic heterocycles. The van der Waals surface area contributed by atoms with Crippen molar-refractivity contribution in [3.05, 3.63) is 4.88 Å². The lowest BCUT2D eigenvalue weighted by Gasteiger charge is -2.03. The van der Waals surface area contributed by atoms with Crippen molar-refractivity contribution in [3.8, 4) is 5.75 Å². The van der Waals surface area contributed by atoms with Crippen LogP contribution in [0.1, 0.15) is 4.88 Å². The van der Waals surface area contributed by atoms with Gasteiger partial charge in [0.05, 0.1) is 18.6 Å². The van der Waals surface area contributed by atoms with Crippen molar-refractivity contribution >= 4 is 26.4 Å². The number of methoxy groups -OCH3 is 2. The standard InChI is InChI=1S/C7H12N2O4S2/c1-12-3-4-5(13-2)6(7(8)14-4)15(9,10)11/h3,8H2,1-2H3,(H2,9,10,11). The molecule has 0 radical (unpaired) electrons. The molecule has 1 aromatic rings. The second-order valence-electron chi connectivity index (χ2n) is 2.73. The fourth-order valence-electron chi connectivity index (χ4n) is 1.17. The van der Waals surface area contributed by atoms with Crippen LogP contribution < -0.4 is 15.6 Å². The van der Waals surface area contributed by atoms with E-state index in [2.05, 4.69) is 0 Å². The van der Waals surface area contributed by atoms with Gasteiger partial charge in [-0.25, -0.2) is 13.6 Å². The summed E-state index contributed by atoms with van der Waals surface area (Å²) in [5.74, 6) is 0.168. The number of ether oxygens (including phenoxy) is 2. The first-order valence-electron chi connectivity index (χ1n) is 3.88. The fourth-order valence-corrected chi connectivity index (χ4v) is 3.36. The molecule has 0 amide bonds. The maximum Gasteiger partial charge on any atom is 0.244 e. The highest BCUT2D eigenvalue weighted by Crippen LogP contribution is 2.40. The molecule has 6 nitrogen and oxygen atoms in total. The minimum Gasteiger partial charge on any atom is -0.494 e. The lowest BCUT2D eigenvalue weighted by atomic mass is 10.4. The number of hydrogen-bond acceptors (Lipinski definition) is 6.